The van der Waals surface area contributed by atoms with E-state index >= 15 is 0 Å². The summed E-state index contributed by atoms with van der Waals surface area (Å²) < 4.78 is 38.7. The van der Waals surface area contributed by atoms with Crippen LogP contribution in [0.25, 0.3) is 0 Å². The van der Waals surface area contributed by atoms with Crippen molar-refractivity contribution in [1.29, 1.82) is 5.26 Å². The molecule has 2 aromatic carbocycles. The van der Waals surface area contributed by atoms with Gasteiger partial charge >= 0.3 is 12.6 Å². The summed E-state index contributed by atoms with van der Waals surface area (Å²) in [5.74, 6) is -0.954. The lowest BCUT2D eigenvalue weighted by Crippen LogP contribution is -2.27. The molecule has 0 saturated heterocycles. The van der Waals surface area contributed by atoms with E-state index < -0.39 is 31.1 Å². The Bertz CT molecular complexity index is 829. The minimum absolute atomic E-state index is 0.0815. The quantitative estimate of drug-likeness (QED) is 0.520. The Morgan fingerprint density at radius 1 is 1.04 bits per heavy atom. The van der Waals surface area contributed by atoms with Crippen molar-refractivity contribution >= 4 is 11.8 Å². The minimum Gasteiger partial charge on any atom is -0.482 e. The van der Waals surface area contributed by atoms with Crippen LogP contribution in [0.2, 0.25) is 0 Å². The fourth-order valence-electron chi connectivity index (χ4n) is 2.09. The molecule has 140 valence electrons. The van der Waals surface area contributed by atoms with Crippen LogP contribution in [0.3, 0.4) is 0 Å². The summed E-state index contributed by atoms with van der Waals surface area (Å²) in [5, 5.41) is 8.71. The predicted octanol–water partition coefficient (Wildman–Crippen LogP) is 3.35. The van der Waals surface area contributed by atoms with Crippen LogP contribution >= 0.6 is 0 Å². The third kappa shape index (κ3) is 6.08. The van der Waals surface area contributed by atoms with E-state index in [0.29, 0.717) is 11.3 Å². The van der Waals surface area contributed by atoms with Crippen LogP contribution in [0.5, 0.6) is 11.5 Å². The normalized spacial score (nSPS) is 11.4. The molecule has 0 aliphatic carbocycles. The van der Waals surface area contributed by atoms with Crippen molar-refractivity contribution in [3.05, 3.63) is 59.7 Å². The smallest absolute Gasteiger partial charge is 0.387 e. The number of carbonyl (C=O) groups excluding carboxylic acids is 2. The first-order valence-electron chi connectivity index (χ1n) is 7.80. The summed E-state index contributed by atoms with van der Waals surface area (Å²) in [6, 6.07) is 13.1. The molecular formula is C19H15F2NO5. The summed E-state index contributed by atoms with van der Waals surface area (Å²) in [4.78, 5) is 24.0. The molecule has 0 fully saturated rings. The van der Waals surface area contributed by atoms with Gasteiger partial charge in [-0.3, -0.25) is 4.79 Å². The summed E-state index contributed by atoms with van der Waals surface area (Å²) in [6.07, 6.45) is -1.08. The lowest BCUT2D eigenvalue weighted by molar-refractivity contribution is -0.148. The topological polar surface area (TPSA) is 85.6 Å². The Kier molecular flexibility index (Phi) is 6.83. The maximum absolute atomic E-state index is 12.2. The molecule has 0 N–H and O–H groups in total. The van der Waals surface area contributed by atoms with Crippen LogP contribution in [0.1, 0.15) is 22.8 Å². The van der Waals surface area contributed by atoms with Crippen molar-refractivity contribution in [2.75, 3.05) is 6.61 Å². The molecule has 0 radical (unpaired) electrons. The van der Waals surface area contributed by atoms with Crippen LogP contribution in [-0.2, 0) is 9.53 Å². The molecule has 0 heterocycles. The van der Waals surface area contributed by atoms with Crippen molar-refractivity contribution < 1.29 is 32.6 Å². The molecule has 0 unspecified atom stereocenters. The SMILES string of the molecule is C[C@@H](OC(=O)COc1ccc(C#N)cc1)C(=O)c1ccc(OC(F)F)cc1. The van der Waals surface area contributed by atoms with Gasteiger partial charge in [0.15, 0.2) is 12.7 Å². The molecule has 2 aromatic rings. The first-order valence-corrected chi connectivity index (χ1v) is 7.80. The molecule has 0 saturated carbocycles. The Morgan fingerprint density at radius 2 is 1.63 bits per heavy atom. The molecule has 2 rings (SSSR count). The van der Waals surface area contributed by atoms with Gasteiger partial charge < -0.3 is 14.2 Å². The number of nitrogens with zero attached hydrogens (tertiary/aromatic N) is 1. The van der Waals surface area contributed by atoms with E-state index in [1.165, 1.54) is 55.5 Å². The summed E-state index contributed by atoms with van der Waals surface area (Å²) in [5.41, 5.74) is 0.638. The van der Waals surface area contributed by atoms with Crippen molar-refractivity contribution in [1.82, 2.24) is 0 Å². The molecule has 0 aromatic heterocycles. The summed E-state index contributed by atoms with van der Waals surface area (Å²) in [7, 11) is 0. The van der Waals surface area contributed by atoms with Gasteiger partial charge in [-0.25, -0.2) is 4.79 Å². The van der Waals surface area contributed by atoms with E-state index in [1.54, 1.807) is 0 Å². The second-order valence-corrected chi connectivity index (χ2v) is 5.32. The van der Waals surface area contributed by atoms with Crippen LogP contribution in [0.15, 0.2) is 48.5 Å². The Labute approximate surface area is 153 Å². The van der Waals surface area contributed by atoms with E-state index in [9.17, 15) is 18.4 Å². The number of nitriles is 1. The zero-order valence-corrected chi connectivity index (χ0v) is 14.2. The van der Waals surface area contributed by atoms with Crippen molar-refractivity contribution in [3.63, 3.8) is 0 Å². The number of alkyl halides is 2. The molecule has 6 nitrogen and oxygen atoms in total. The number of halogens is 2. The largest absolute Gasteiger partial charge is 0.482 e. The van der Waals surface area contributed by atoms with Gasteiger partial charge in [-0.15, -0.1) is 0 Å². The molecule has 27 heavy (non-hydrogen) atoms. The van der Waals surface area contributed by atoms with Crippen LogP contribution in [-0.4, -0.2) is 31.1 Å². The third-order valence-electron chi connectivity index (χ3n) is 3.38. The van der Waals surface area contributed by atoms with Gasteiger partial charge in [-0.1, -0.05) is 0 Å². The van der Waals surface area contributed by atoms with Crippen LogP contribution in [0, 0.1) is 11.3 Å². The van der Waals surface area contributed by atoms with Crippen molar-refractivity contribution in [2.24, 2.45) is 0 Å². The van der Waals surface area contributed by atoms with Gasteiger partial charge in [0.05, 0.1) is 11.6 Å². The second-order valence-electron chi connectivity index (χ2n) is 5.32. The van der Waals surface area contributed by atoms with Crippen molar-refractivity contribution in [3.8, 4) is 17.6 Å². The average molecular weight is 375 g/mol. The number of hydrogen-bond acceptors (Lipinski definition) is 6. The molecule has 0 aliphatic rings. The van der Waals surface area contributed by atoms with E-state index in [4.69, 9.17) is 14.7 Å². The summed E-state index contributed by atoms with van der Waals surface area (Å²) in [6.45, 7) is -1.97. The number of rotatable bonds is 8. The molecule has 1 atom stereocenters. The van der Waals surface area contributed by atoms with Gasteiger partial charge in [0.2, 0.25) is 5.78 Å². The Morgan fingerprint density at radius 3 is 2.19 bits per heavy atom. The number of Topliss-reactive ketones (excluding diaryl/α,β-unsaturated/α-hetero) is 1. The number of benzene rings is 2. The Balaban J connectivity index is 1.85. The highest BCUT2D eigenvalue weighted by Gasteiger charge is 2.20. The first-order chi connectivity index (χ1) is 12.9. The highest BCUT2D eigenvalue weighted by atomic mass is 19.3. The highest BCUT2D eigenvalue weighted by Crippen LogP contribution is 2.17. The van der Waals surface area contributed by atoms with Crippen LogP contribution in [0.4, 0.5) is 8.78 Å². The molecule has 0 amide bonds. The monoisotopic (exact) mass is 375 g/mol. The molecule has 0 bridgehead atoms. The highest BCUT2D eigenvalue weighted by molar-refractivity contribution is 6.00. The lowest BCUT2D eigenvalue weighted by Gasteiger charge is -2.13. The van der Waals surface area contributed by atoms with Gasteiger partial charge in [-0.05, 0) is 55.5 Å². The average Bonchev–Trinajstić information content (AvgIpc) is 2.66. The molecule has 8 heteroatoms. The van der Waals surface area contributed by atoms with Crippen molar-refractivity contribution in [2.45, 2.75) is 19.6 Å². The van der Waals surface area contributed by atoms with Gasteiger partial charge in [0.1, 0.15) is 11.5 Å². The first kappa shape index (κ1) is 19.8. The van der Waals surface area contributed by atoms with Gasteiger partial charge in [-0.2, -0.15) is 14.0 Å². The minimum atomic E-state index is -2.96. The molecule has 0 spiro atoms. The number of carbonyl (C=O) groups is 2. The van der Waals surface area contributed by atoms with Gasteiger partial charge in [0, 0.05) is 5.56 Å². The predicted molar refractivity (Wildman–Crippen MR) is 89.6 cm³/mol. The maximum atomic E-state index is 12.2. The number of esters is 1. The zero-order chi connectivity index (χ0) is 19.8. The number of ether oxygens (including phenoxy) is 3. The fourth-order valence-corrected chi connectivity index (χ4v) is 2.09. The lowest BCUT2D eigenvalue weighted by atomic mass is 10.1. The van der Waals surface area contributed by atoms with E-state index in [1.807, 2.05) is 6.07 Å². The number of hydrogen-bond donors (Lipinski definition) is 0. The Hall–Kier alpha value is -3.47. The molecule has 0 aliphatic heterocycles. The van der Waals surface area contributed by atoms with Crippen LogP contribution < -0.4 is 9.47 Å². The summed E-state index contributed by atoms with van der Waals surface area (Å²) >= 11 is 0. The second kappa shape index (κ2) is 9.29. The maximum Gasteiger partial charge on any atom is 0.387 e. The zero-order valence-electron chi connectivity index (χ0n) is 14.2. The van der Waals surface area contributed by atoms with E-state index in [-0.39, 0.29) is 11.3 Å². The third-order valence-corrected chi connectivity index (χ3v) is 3.38. The van der Waals surface area contributed by atoms with E-state index in [2.05, 4.69) is 4.74 Å². The van der Waals surface area contributed by atoms with E-state index in [0.717, 1.165) is 0 Å². The standard InChI is InChI=1S/C19H15F2NO5/c1-12(18(24)14-4-8-16(9-5-14)27-19(20)21)26-17(23)11-25-15-6-2-13(10-22)3-7-15/h2-9,12,19H,11H2,1H3/t12-/m1/s1. The van der Waals surface area contributed by atoms with Gasteiger partial charge in [0.25, 0.3) is 0 Å². The fraction of sp³-hybridized carbons (Fsp3) is 0.211. The number of ketones is 1. The molecular weight excluding hydrogens is 360 g/mol.